The quantitative estimate of drug-likeness (QED) is 0.451. The average Bonchev–Trinajstić information content (AvgIpc) is 3.46. The molecule has 3 N–H and O–H groups in total. The van der Waals surface area contributed by atoms with Gasteiger partial charge in [-0.1, -0.05) is 26.7 Å². The minimum absolute atomic E-state index is 0.0512. The van der Waals surface area contributed by atoms with E-state index in [1.165, 1.54) is 64.2 Å². The molecule has 5 fully saturated rings. The lowest BCUT2D eigenvalue weighted by atomic mass is 9.45. The second-order valence-electron chi connectivity index (χ2n) is 14.3. The number of carbonyl (C=O) groups excluding carboxylic acids is 2. The number of rotatable bonds is 8. The van der Waals surface area contributed by atoms with E-state index >= 15 is 0 Å². The van der Waals surface area contributed by atoms with Crippen LogP contribution in [0.25, 0.3) is 0 Å². The van der Waals surface area contributed by atoms with Crippen molar-refractivity contribution in [2.24, 2.45) is 40.4 Å². The van der Waals surface area contributed by atoms with Gasteiger partial charge < -0.3 is 20.9 Å². The maximum Gasteiger partial charge on any atom is 0.237 e. The van der Waals surface area contributed by atoms with Crippen LogP contribution < -0.4 is 16.0 Å². The minimum atomic E-state index is -0.196. The number of fused-ring (bicyclic) bond motifs is 5. The molecule has 1 aliphatic heterocycles. The Kier molecular flexibility index (Phi) is 8.27. The summed E-state index contributed by atoms with van der Waals surface area (Å²) in [4.78, 5) is 27.4. The van der Waals surface area contributed by atoms with Crippen LogP contribution in [0.2, 0.25) is 0 Å². The van der Waals surface area contributed by atoms with Crippen LogP contribution in [0.15, 0.2) is 0 Å². The molecule has 1 saturated heterocycles. The summed E-state index contributed by atoms with van der Waals surface area (Å²) in [7, 11) is 4.01. The summed E-state index contributed by atoms with van der Waals surface area (Å²) in [6.45, 7) is 7.44. The maximum absolute atomic E-state index is 12.9. The van der Waals surface area contributed by atoms with Crippen molar-refractivity contribution in [3.63, 3.8) is 0 Å². The molecule has 0 aromatic heterocycles. The van der Waals surface area contributed by atoms with Crippen molar-refractivity contribution in [1.82, 2.24) is 20.9 Å². The first-order valence-electron chi connectivity index (χ1n) is 15.7. The number of amides is 2. The Hall–Kier alpha value is -1.14. The van der Waals surface area contributed by atoms with Crippen LogP contribution in [-0.2, 0) is 9.59 Å². The number of hydrogen-bond acceptors (Lipinski definition) is 4. The van der Waals surface area contributed by atoms with Gasteiger partial charge >= 0.3 is 0 Å². The summed E-state index contributed by atoms with van der Waals surface area (Å²) in [5.74, 6) is 4.67. The second kappa shape index (κ2) is 11.2. The van der Waals surface area contributed by atoms with E-state index in [4.69, 9.17) is 0 Å². The van der Waals surface area contributed by atoms with Crippen LogP contribution in [0, 0.1) is 40.4 Å². The number of nitrogens with zero attached hydrogens (tertiary/aromatic N) is 1. The zero-order valence-corrected chi connectivity index (χ0v) is 24.1. The molecule has 2 amide bonds. The Balaban J connectivity index is 1.09. The molecule has 6 heteroatoms. The highest BCUT2D eigenvalue weighted by atomic mass is 16.2. The normalized spacial score (nSPS) is 43.1. The second-order valence-corrected chi connectivity index (χ2v) is 14.3. The molecule has 0 aromatic rings. The molecule has 1 heterocycles. The molecule has 6 nitrogen and oxygen atoms in total. The predicted molar refractivity (Wildman–Crippen MR) is 149 cm³/mol. The Morgan fingerprint density at radius 1 is 0.946 bits per heavy atom. The fourth-order valence-electron chi connectivity index (χ4n) is 10.1. The fourth-order valence-corrected chi connectivity index (χ4v) is 10.1. The van der Waals surface area contributed by atoms with Crippen molar-refractivity contribution < 1.29 is 9.59 Å². The van der Waals surface area contributed by atoms with Crippen molar-refractivity contribution in [1.29, 1.82) is 0 Å². The predicted octanol–water partition coefficient (Wildman–Crippen LogP) is 4.34. The smallest absolute Gasteiger partial charge is 0.237 e. The average molecular weight is 515 g/mol. The Morgan fingerprint density at radius 3 is 2.57 bits per heavy atom. The van der Waals surface area contributed by atoms with Gasteiger partial charge in [-0.2, -0.15) is 0 Å². The molecule has 5 aliphatic rings. The van der Waals surface area contributed by atoms with Crippen LogP contribution in [-0.4, -0.2) is 62.5 Å². The van der Waals surface area contributed by atoms with Crippen molar-refractivity contribution in [2.45, 2.75) is 109 Å². The van der Waals surface area contributed by atoms with Crippen LogP contribution in [0.3, 0.4) is 0 Å². The SMILES string of the molecule is CN(C)CCNC(=O)[C@@H]1C[C@H](NC(=O)CCC2CCC3C4CCC5CCCC[C@]5(C)C4CC[C@]23C)CN1. The van der Waals surface area contributed by atoms with Gasteiger partial charge in [-0.25, -0.2) is 0 Å². The van der Waals surface area contributed by atoms with E-state index in [0.29, 0.717) is 42.7 Å². The van der Waals surface area contributed by atoms with Crippen LogP contribution in [0.4, 0.5) is 0 Å². The minimum Gasteiger partial charge on any atom is -0.353 e. The molecule has 5 unspecified atom stereocenters. The summed E-state index contributed by atoms with van der Waals surface area (Å²) in [5.41, 5.74) is 1.04. The zero-order chi connectivity index (χ0) is 26.2. The largest absolute Gasteiger partial charge is 0.353 e. The highest BCUT2D eigenvalue weighted by Crippen LogP contribution is 2.67. The van der Waals surface area contributed by atoms with Crippen LogP contribution >= 0.6 is 0 Å². The first-order chi connectivity index (χ1) is 17.7. The third-order valence-corrected chi connectivity index (χ3v) is 12.2. The van der Waals surface area contributed by atoms with Gasteiger partial charge in [0.25, 0.3) is 0 Å². The number of carbonyl (C=O) groups is 2. The first kappa shape index (κ1) is 27.4. The molecule has 37 heavy (non-hydrogen) atoms. The molecular formula is C31H54N4O2. The third-order valence-electron chi connectivity index (χ3n) is 12.2. The van der Waals surface area contributed by atoms with E-state index in [0.717, 1.165) is 36.6 Å². The van der Waals surface area contributed by atoms with E-state index in [1.54, 1.807) is 0 Å². The van der Waals surface area contributed by atoms with Crippen molar-refractivity contribution in [3.8, 4) is 0 Å². The summed E-state index contributed by atoms with van der Waals surface area (Å²) >= 11 is 0. The summed E-state index contributed by atoms with van der Waals surface area (Å²) in [6.07, 6.45) is 16.7. The monoisotopic (exact) mass is 514 g/mol. The molecule has 9 atom stereocenters. The van der Waals surface area contributed by atoms with Crippen molar-refractivity contribution in [2.75, 3.05) is 33.7 Å². The van der Waals surface area contributed by atoms with Gasteiger partial charge in [-0.05, 0) is 119 Å². The maximum atomic E-state index is 12.9. The van der Waals surface area contributed by atoms with Crippen molar-refractivity contribution in [3.05, 3.63) is 0 Å². The zero-order valence-electron chi connectivity index (χ0n) is 24.1. The van der Waals surface area contributed by atoms with E-state index < -0.39 is 0 Å². The van der Waals surface area contributed by atoms with Gasteiger partial charge in [-0.3, -0.25) is 9.59 Å². The molecule has 0 radical (unpaired) electrons. The van der Waals surface area contributed by atoms with E-state index in [1.807, 2.05) is 14.1 Å². The van der Waals surface area contributed by atoms with Gasteiger partial charge in [0, 0.05) is 32.1 Å². The Morgan fingerprint density at radius 2 is 1.76 bits per heavy atom. The standard InChI is InChI=1S/C31H54N4O2/c1-30-15-6-5-7-21(30)8-11-24-25-12-9-22(31(25,2)16-14-26(24)30)10-13-28(36)34-23-19-27(33-20-23)29(37)32-17-18-35(3)4/h21-27,33H,5-20H2,1-4H3,(H,32,37)(H,34,36)/t21?,22?,23-,24?,25?,26?,27-,30-,31+/m0/s1. The fraction of sp³-hybridized carbons (Fsp3) is 0.935. The molecule has 4 saturated carbocycles. The highest BCUT2D eigenvalue weighted by Gasteiger charge is 2.59. The lowest BCUT2D eigenvalue weighted by Gasteiger charge is -2.60. The molecule has 0 aromatic carbocycles. The molecule has 4 aliphatic carbocycles. The van der Waals surface area contributed by atoms with Gasteiger partial charge in [-0.15, -0.1) is 0 Å². The van der Waals surface area contributed by atoms with Gasteiger partial charge in [0.15, 0.2) is 0 Å². The number of nitrogens with one attached hydrogen (secondary N) is 3. The topological polar surface area (TPSA) is 73.5 Å². The first-order valence-corrected chi connectivity index (χ1v) is 15.7. The summed E-state index contributed by atoms with van der Waals surface area (Å²) in [5, 5.41) is 9.54. The molecular weight excluding hydrogens is 460 g/mol. The van der Waals surface area contributed by atoms with Crippen molar-refractivity contribution >= 4 is 11.8 Å². The third kappa shape index (κ3) is 5.48. The summed E-state index contributed by atoms with van der Waals surface area (Å²) < 4.78 is 0. The van der Waals surface area contributed by atoms with Crippen LogP contribution in [0.1, 0.15) is 97.3 Å². The Labute approximate surface area is 225 Å². The molecule has 0 spiro atoms. The molecule has 5 rings (SSSR count). The lowest BCUT2D eigenvalue weighted by molar-refractivity contribution is -0.124. The molecule has 0 bridgehead atoms. The van der Waals surface area contributed by atoms with E-state index in [-0.39, 0.29) is 23.9 Å². The summed E-state index contributed by atoms with van der Waals surface area (Å²) in [6, 6.07) is -0.135. The molecule has 210 valence electrons. The van der Waals surface area contributed by atoms with Gasteiger partial charge in [0.1, 0.15) is 0 Å². The highest BCUT2D eigenvalue weighted by molar-refractivity contribution is 5.82. The van der Waals surface area contributed by atoms with Gasteiger partial charge in [0.05, 0.1) is 6.04 Å². The van der Waals surface area contributed by atoms with Crippen LogP contribution in [0.5, 0.6) is 0 Å². The lowest BCUT2D eigenvalue weighted by Crippen LogP contribution is -2.52. The van der Waals surface area contributed by atoms with E-state index in [2.05, 4.69) is 34.7 Å². The van der Waals surface area contributed by atoms with Gasteiger partial charge in [0.2, 0.25) is 11.8 Å². The number of likely N-dealkylation sites (N-methyl/N-ethyl adjacent to an activating group) is 1. The number of hydrogen-bond donors (Lipinski definition) is 3. The Bertz CT molecular complexity index is 832. The van der Waals surface area contributed by atoms with E-state index in [9.17, 15) is 9.59 Å².